The third-order valence-corrected chi connectivity index (χ3v) is 2.32. The van der Waals surface area contributed by atoms with Gasteiger partial charge in [0.05, 0.1) is 11.5 Å². The normalized spacial score (nSPS) is 10.1. The largest absolute Gasteiger partial charge is 0.508 e. The SMILES string of the molecule is OCCSc1cc(O)ccc1O. The molecule has 4 heteroatoms. The van der Waals surface area contributed by atoms with Crippen LogP contribution in [0, 0.1) is 0 Å². The molecule has 0 aliphatic rings. The van der Waals surface area contributed by atoms with Crippen LogP contribution in [0.4, 0.5) is 0 Å². The highest BCUT2D eigenvalue weighted by Gasteiger charge is 2.01. The first-order valence-corrected chi connectivity index (χ1v) is 4.48. The van der Waals surface area contributed by atoms with Gasteiger partial charge in [0, 0.05) is 5.75 Å². The Labute approximate surface area is 74.7 Å². The van der Waals surface area contributed by atoms with Gasteiger partial charge >= 0.3 is 0 Å². The number of hydrogen-bond acceptors (Lipinski definition) is 4. The number of phenolic OH excluding ortho intramolecular Hbond substituents is 2. The van der Waals surface area contributed by atoms with E-state index in [1.54, 1.807) is 0 Å². The van der Waals surface area contributed by atoms with Crippen LogP contribution in [0.3, 0.4) is 0 Å². The van der Waals surface area contributed by atoms with Crippen molar-refractivity contribution < 1.29 is 15.3 Å². The second-order valence-corrected chi connectivity index (χ2v) is 3.36. The summed E-state index contributed by atoms with van der Waals surface area (Å²) < 4.78 is 0. The molecule has 0 aliphatic heterocycles. The molecule has 0 bridgehead atoms. The number of phenols is 2. The molecule has 0 unspecified atom stereocenters. The molecule has 1 aromatic carbocycles. The average Bonchev–Trinajstić information content (AvgIpc) is 2.07. The summed E-state index contributed by atoms with van der Waals surface area (Å²) in [7, 11) is 0. The van der Waals surface area contributed by atoms with Crippen LogP contribution in [0.15, 0.2) is 23.1 Å². The number of thioether (sulfide) groups is 1. The Hall–Kier alpha value is -0.870. The van der Waals surface area contributed by atoms with Crippen molar-refractivity contribution in [3.8, 4) is 11.5 Å². The van der Waals surface area contributed by atoms with E-state index in [2.05, 4.69) is 0 Å². The number of hydrogen-bond donors (Lipinski definition) is 3. The van der Waals surface area contributed by atoms with E-state index in [-0.39, 0.29) is 18.1 Å². The predicted molar refractivity (Wildman–Crippen MR) is 47.6 cm³/mol. The molecule has 0 spiro atoms. The van der Waals surface area contributed by atoms with E-state index in [9.17, 15) is 5.11 Å². The van der Waals surface area contributed by atoms with E-state index in [1.807, 2.05) is 0 Å². The molecule has 0 aliphatic carbocycles. The third-order valence-electron chi connectivity index (χ3n) is 1.29. The number of rotatable bonds is 3. The quantitative estimate of drug-likeness (QED) is 0.490. The lowest BCUT2D eigenvalue weighted by Gasteiger charge is -2.02. The molecule has 0 atom stereocenters. The Morgan fingerprint density at radius 3 is 2.67 bits per heavy atom. The molecule has 66 valence electrons. The summed E-state index contributed by atoms with van der Waals surface area (Å²) >= 11 is 1.30. The topological polar surface area (TPSA) is 60.7 Å². The van der Waals surface area contributed by atoms with Crippen LogP contribution in [0.5, 0.6) is 11.5 Å². The fraction of sp³-hybridized carbons (Fsp3) is 0.250. The van der Waals surface area contributed by atoms with E-state index in [0.717, 1.165) is 0 Å². The Balaban J connectivity index is 2.75. The zero-order valence-corrected chi connectivity index (χ0v) is 7.21. The zero-order chi connectivity index (χ0) is 8.97. The van der Waals surface area contributed by atoms with Crippen molar-refractivity contribution in [2.45, 2.75) is 4.90 Å². The fourth-order valence-corrected chi connectivity index (χ4v) is 1.51. The van der Waals surface area contributed by atoms with Gasteiger partial charge in [-0.05, 0) is 18.2 Å². The molecule has 0 saturated carbocycles. The Kier molecular flexibility index (Phi) is 3.25. The second kappa shape index (κ2) is 4.23. The van der Waals surface area contributed by atoms with Crippen molar-refractivity contribution >= 4 is 11.8 Å². The minimum Gasteiger partial charge on any atom is -0.508 e. The maximum atomic E-state index is 9.25. The molecule has 3 nitrogen and oxygen atoms in total. The lowest BCUT2D eigenvalue weighted by molar-refractivity contribution is 0.322. The minimum absolute atomic E-state index is 0.0553. The number of aromatic hydroxyl groups is 2. The molecular formula is C8H10O3S. The van der Waals surface area contributed by atoms with Crippen molar-refractivity contribution in [3.63, 3.8) is 0 Å². The number of aliphatic hydroxyl groups is 1. The van der Waals surface area contributed by atoms with Gasteiger partial charge in [-0.25, -0.2) is 0 Å². The van der Waals surface area contributed by atoms with E-state index in [4.69, 9.17) is 10.2 Å². The van der Waals surface area contributed by atoms with Crippen molar-refractivity contribution in [2.24, 2.45) is 0 Å². The fourth-order valence-electron chi connectivity index (χ4n) is 0.774. The van der Waals surface area contributed by atoms with Gasteiger partial charge in [0.1, 0.15) is 11.5 Å². The van der Waals surface area contributed by atoms with Crippen molar-refractivity contribution in [1.82, 2.24) is 0 Å². The van der Waals surface area contributed by atoms with Gasteiger partial charge < -0.3 is 15.3 Å². The third kappa shape index (κ3) is 2.32. The number of benzene rings is 1. The smallest absolute Gasteiger partial charge is 0.129 e. The molecule has 1 rings (SSSR count). The van der Waals surface area contributed by atoms with Crippen LogP contribution in [-0.4, -0.2) is 27.7 Å². The van der Waals surface area contributed by atoms with Crippen molar-refractivity contribution in [3.05, 3.63) is 18.2 Å². The van der Waals surface area contributed by atoms with Crippen molar-refractivity contribution in [1.29, 1.82) is 0 Å². The summed E-state index contributed by atoms with van der Waals surface area (Å²) in [4.78, 5) is 0.587. The van der Waals surface area contributed by atoms with E-state index < -0.39 is 0 Å². The van der Waals surface area contributed by atoms with Gasteiger partial charge in [0.25, 0.3) is 0 Å². The average molecular weight is 186 g/mol. The maximum Gasteiger partial charge on any atom is 0.129 e. The summed E-state index contributed by atoms with van der Waals surface area (Å²) in [6, 6.07) is 4.31. The van der Waals surface area contributed by atoms with Crippen LogP contribution in [0.25, 0.3) is 0 Å². The standard InChI is InChI=1S/C8H10O3S/c9-3-4-12-8-5-6(10)1-2-7(8)11/h1-2,5,9-11H,3-4H2. The minimum atomic E-state index is 0.0553. The van der Waals surface area contributed by atoms with Gasteiger partial charge in [-0.1, -0.05) is 0 Å². The molecule has 0 amide bonds. The van der Waals surface area contributed by atoms with Crippen molar-refractivity contribution in [2.75, 3.05) is 12.4 Å². The van der Waals surface area contributed by atoms with Crippen LogP contribution in [0.2, 0.25) is 0 Å². The summed E-state index contributed by atoms with van der Waals surface area (Å²) in [5.74, 6) is 0.760. The second-order valence-electron chi connectivity index (χ2n) is 2.22. The van der Waals surface area contributed by atoms with E-state index >= 15 is 0 Å². The predicted octanol–water partition coefficient (Wildman–Crippen LogP) is 1.18. The summed E-state index contributed by atoms with van der Waals surface area (Å²) in [6.45, 7) is 0.0553. The van der Waals surface area contributed by atoms with Gasteiger partial charge in [-0.2, -0.15) is 0 Å². The maximum absolute atomic E-state index is 9.25. The van der Waals surface area contributed by atoms with Crippen LogP contribution in [-0.2, 0) is 0 Å². The van der Waals surface area contributed by atoms with Crippen LogP contribution < -0.4 is 0 Å². The number of aliphatic hydroxyl groups excluding tert-OH is 1. The molecule has 3 N–H and O–H groups in total. The highest BCUT2D eigenvalue weighted by Crippen LogP contribution is 2.30. The molecule has 1 aromatic rings. The highest BCUT2D eigenvalue weighted by atomic mass is 32.2. The molecule has 0 saturated heterocycles. The Morgan fingerprint density at radius 1 is 1.25 bits per heavy atom. The lowest BCUT2D eigenvalue weighted by Crippen LogP contribution is -1.85. The van der Waals surface area contributed by atoms with E-state index in [0.29, 0.717) is 10.6 Å². The molecule has 0 heterocycles. The molecule has 0 fully saturated rings. The van der Waals surface area contributed by atoms with Gasteiger partial charge in [0.15, 0.2) is 0 Å². The zero-order valence-electron chi connectivity index (χ0n) is 6.40. The van der Waals surface area contributed by atoms with E-state index in [1.165, 1.54) is 30.0 Å². The summed E-state index contributed by atoms with van der Waals surface area (Å²) in [5, 5.41) is 26.8. The molecule has 12 heavy (non-hydrogen) atoms. The summed E-state index contributed by atoms with van der Waals surface area (Å²) in [5.41, 5.74) is 0. The lowest BCUT2D eigenvalue weighted by atomic mass is 10.3. The molecule has 0 aromatic heterocycles. The van der Waals surface area contributed by atoms with Gasteiger partial charge in [-0.3, -0.25) is 0 Å². The van der Waals surface area contributed by atoms with Gasteiger partial charge in [0.2, 0.25) is 0 Å². The molecule has 0 radical (unpaired) electrons. The highest BCUT2D eigenvalue weighted by molar-refractivity contribution is 7.99. The van der Waals surface area contributed by atoms with Crippen LogP contribution >= 0.6 is 11.8 Å². The van der Waals surface area contributed by atoms with Crippen LogP contribution in [0.1, 0.15) is 0 Å². The molecular weight excluding hydrogens is 176 g/mol. The first kappa shape index (κ1) is 9.22. The Morgan fingerprint density at radius 2 is 2.00 bits per heavy atom. The van der Waals surface area contributed by atoms with Gasteiger partial charge in [-0.15, -0.1) is 11.8 Å². The first-order valence-electron chi connectivity index (χ1n) is 3.49. The summed E-state index contributed by atoms with van der Waals surface area (Å²) in [6.07, 6.45) is 0. The first-order chi connectivity index (χ1) is 5.74. The Bertz CT molecular complexity index is 262. The monoisotopic (exact) mass is 186 g/mol.